The van der Waals surface area contributed by atoms with Crippen molar-refractivity contribution in [1.82, 2.24) is 10.2 Å². The summed E-state index contributed by atoms with van der Waals surface area (Å²) in [6.07, 6.45) is 3.67. The third-order valence-electron chi connectivity index (χ3n) is 4.99. The standard InChI is InChI=1S/C19H32N2/c1-5-18-14-21(19(13-20-18)15(2)3)16(4)11-12-17-9-7-6-8-10-17/h6-10,15-16,18-20H,5,11-14H2,1-4H3. The minimum atomic E-state index is 0.661. The van der Waals surface area contributed by atoms with Crippen LogP contribution >= 0.6 is 0 Å². The van der Waals surface area contributed by atoms with Gasteiger partial charge in [0.2, 0.25) is 0 Å². The Morgan fingerprint density at radius 3 is 2.52 bits per heavy atom. The Bertz CT molecular complexity index is 401. The van der Waals surface area contributed by atoms with Gasteiger partial charge in [-0.15, -0.1) is 0 Å². The van der Waals surface area contributed by atoms with Crippen LogP contribution in [0.5, 0.6) is 0 Å². The normalized spacial score (nSPS) is 25.2. The molecule has 1 aliphatic heterocycles. The first kappa shape index (κ1) is 16.5. The molecule has 1 aromatic rings. The first-order chi connectivity index (χ1) is 10.1. The summed E-state index contributed by atoms with van der Waals surface area (Å²) in [6.45, 7) is 11.8. The SMILES string of the molecule is CCC1CN(C(C)CCc2ccccc2)C(C(C)C)CN1. The van der Waals surface area contributed by atoms with Gasteiger partial charge in [0.05, 0.1) is 0 Å². The van der Waals surface area contributed by atoms with Gasteiger partial charge in [0.1, 0.15) is 0 Å². The van der Waals surface area contributed by atoms with Crippen LogP contribution in [0.3, 0.4) is 0 Å². The highest BCUT2D eigenvalue weighted by molar-refractivity contribution is 5.14. The lowest BCUT2D eigenvalue weighted by molar-refractivity contribution is 0.0581. The Hall–Kier alpha value is -0.860. The summed E-state index contributed by atoms with van der Waals surface area (Å²) in [4.78, 5) is 2.76. The number of aryl methyl sites for hydroxylation is 1. The maximum absolute atomic E-state index is 3.72. The Morgan fingerprint density at radius 2 is 1.90 bits per heavy atom. The van der Waals surface area contributed by atoms with E-state index >= 15 is 0 Å². The number of nitrogens with zero attached hydrogens (tertiary/aromatic N) is 1. The van der Waals surface area contributed by atoms with Gasteiger partial charge in [-0.2, -0.15) is 0 Å². The molecule has 0 amide bonds. The van der Waals surface area contributed by atoms with Crippen LogP contribution in [0.25, 0.3) is 0 Å². The summed E-state index contributed by atoms with van der Waals surface area (Å²) in [5.74, 6) is 0.717. The van der Waals surface area contributed by atoms with Crippen molar-refractivity contribution >= 4 is 0 Å². The Morgan fingerprint density at radius 1 is 1.19 bits per heavy atom. The van der Waals surface area contributed by atoms with Crippen LogP contribution in [0, 0.1) is 5.92 Å². The fraction of sp³-hybridized carbons (Fsp3) is 0.684. The predicted molar refractivity (Wildman–Crippen MR) is 91.6 cm³/mol. The van der Waals surface area contributed by atoms with E-state index < -0.39 is 0 Å². The molecule has 1 N–H and O–H groups in total. The minimum absolute atomic E-state index is 0.661. The molecule has 0 radical (unpaired) electrons. The summed E-state index contributed by atoms with van der Waals surface area (Å²) in [5.41, 5.74) is 1.47. The molecule has 0 spiro atoms. The third kappa shape index (κ3) is 4.55. The average Bonchev–Trinajstić information content (AvgIpc) is 2.52. The van der Waals surface area contributed by atoms with Crippen molar-refractivity contribution in [3.8, 4) is 0 Å². The molecule has 1 aromatic carbocycles. The maximum Gasteiger partial charge on any atom is 0.0247 e. The summed E-state index contributed by atoms with van der Waals surface area (Å²) >= 11 is 0. The minimum Gasteiger partial charge on any atom is -0.311 e. The summed E-state index contributed by atoms with van der Waals surface area (Å²) < 4.78 is 0. The Balaban J connectivity index is 1.95. The monoisotopic (exact) mass is 288 g/mol. The van der Waals surface area contributed by atoms with E-state index in [1.165, 1.54) is 31.4 Å². The second-order valence-corrected chi connectivity index (χ2v) is 6.89. The van der Waals surface area contributed by atoms with E-state index in [1.54, 1.807) is 0 Å². The van der Waals surface area contributed by atoms with Gasteiger partial charge in [-0.3, -0.25) is 4.90 Å². The van der Waals surface area contributed by atoms with Crippen LogP contribution in [-0.4, -0.2) is 36.1 Å². The lowest BCUT2D eigenvalue weighted by Gasteiger charge is -2.45. The topological polar surface area (TPSA) is 15.3 Å². The zero-order valence-corrected chi connectivity index (χ0v) is 14.2. The molecule has 1 fully saturated rings. The number of piperazine rings is 1. The largest absolute Gasteiger partial charge is 0.311 e. The van der Waals surface area contributed by atoms with Crippen molar-refractivity contribution in [2.24, 2.45) is 5.92 Å². The molecule has 2 nitrogen and oxygen atoms in total. The van der Waals surface area contributed by atoms with Gasteiger partial charge < -0.3 is 5.32 Å². The van der Waals surface area contributed by atoms with Crippen LogP contribution in [0.4, 0.5) is 0 Å². The Kier molecular flexibility index (Phi) is 6.25. The fourth-order valence-electron chi connectivity index (χ4n) is 3.44. The fourth-order valence-corrected chi connectivity index (χ4v) is 3.44. The maximum atomic E-state index is 3.72. The molecule has 2 rings (SSSR count). The van der Waals surface area contributed by atoms with E-state index in [0.717, 1.165) is 12.5 Å². The average molecular weight is 288 g/mol. The van der Waals surface area contributed by atoms with Gasteiger partial charge in [-0.25, -0.2) is 0 Å². The molecular weight excluding hydrogens is 256 g/mol. The lowest BCUT2D eigenvalue weighted by Crippen LogP contribution is -2.60. The third-order valence-corrected chi connectivity index (χ3v) is 4.99. The number of hydrogen-bond acceptors (Lipinski definition) is 2. The van der Waals surface area contributed by atoms with Crippen LogP contribution in [0.2, 0.25) is 0 Å². The van der Waals surface area contributed by atoms with Crippen molar-refractivity contribution in [1.29, 1.82) is 0 Å². The molecule has 0 aliphatic carbocycles. The van der Waals surface area contributed by atoms with E-state index in [4.69, 9.17) is 0 Å². The molecular formula is C19H32N2. The van der Waals surface area contributed by atoms with Gasteiger partial charge >= 0.3 is 0 Å². The highest BCUT2D eigenvalue weighted by Crippen LogP contribution is 2.21. The zero-order valence-electron chi connectivity index (χ0n) is 14.2. The van der Waals surface area contributed by atoms with Crippen molar-refractivity contribution in [3.63, 3.8) is 0 Å². The first-order valence-electron chi connectivity index (χ1n) is 8.64. The second-order valence-electron chi connectivity index (χ2n) is 6.89. The number of rotatable bonds is 6. The van der Waals surface area contributed by atoms with E-state index in [9.17, 15) is 0 Å². The van der Waals surface area contributed by atoms with Crippen molar-refractivity contribution in [2.75, 3.05) is 13.1 Å². The summed E-state index contributed by atoms with van der Waals surface area (Å²) in [7, 11) is 0. The predicted octanol–water partition coefficient (Wildman–Crippen LogP) is 3.72. The highest BCUT2D eigenvalue weighted by atomic mass is 15.3. The number of hydrogen-bond donors (Lipinski definition) is 1. The molecule has 21 heavy (non-hydrogen) atoms. The smallest absolute Gasteiger partial charge is 0.0247 e. The van der Waals surface area contributed by atoms with Crippen molar-refractivity contribution in [2.45, 2.75) is 65.1 Å². The number of benzene rings is 1. The van der Waals surface area contributed by atoms with Gasteiger partial charge in [0, 0.05) is 31.2 Å². The summed E-state index contributed by atoms with van der Waals surface area (Å²) in [5, 5.41) is 3.72. The number of nitrogens with one attached hydrogen (secondary N) is 1. The van der Waals surface area contributed by atoms with Crippen molar-refractivity contribution < 1.29 is 0 Å². The van der Waals surface area contributed by atoms with Crippen LogP contribution < -0.4 is 5.32 Å². The molecule has 3 atom stereocenters. The molecule has 118 valence electrons. The highest BCUT2D eigenvalue weighted by Gasteiger charge is 2.31. The molecule has 3 unspecified atom stereocenters. The quantitative estimate of drug-likeness (QED) is 0.858. The van der Waals surface area contributed by atoms with Crippen LogP contribution in [0.1, 0.15) is 46.1 Å². The molecule has 1 heterocycles. The Labute approximate surface area is 130 Å². The van der Waals surface area contributed by atoms with E-state index in [2.05, 4.69) is 68.2 Å². The van der Waals surface area contributed by atoms with Crippen LogP contribution in [-0.2, 0) is 6.42 Å². The van der Waals surface area contributed by atoms with Gasteiger partial charge in [0.25, 0.3) is 0 Å². The summed E-state index contributed by atoms with van der Waals surface area (Å²) in [6, 6.07) is 12.9. The molecule has 2 heteroatoms. The lowest BCUT2D eigenvalue weighted by atomic mass is 9.94. The second kappa shape index (κ2) is 7.95. The van der Waals surface area contributed by atoms with Gasteiger partial charge in [0.15, 0.2) is 0 Å². The van der Waals surface area contributed by atoms with E-state index in [0.29, 0.717) is 18.1 Å². The molecule has 0 aromatic heterocycles. The van der Waals surface area contributed by atoms with E-state index in [-0.39, 0.29) is 0 Å². The van der Waals surface area contributed by atoms with Crippen LogP contribution in [0.15, 0.2) is 30.3 Å². The first-order valence-corrected chi connectivity index (χ1v) is 8.64. The van der Waals surface area contributed by atoms with Gasteiger partial charge in [-0.1, -0.05) is 51.1 Å². The molecule has 1 saturated heterocycles. The molecule has 0 bridgehead atoms. The van der Waals surface area contributed by atoms with Crippen molar-refractivity contribution in [3.05, 3.63) is 35.9 Å². The van der Waals surface area contributed by atoms with E-state index in [1.807, 2.05) is 0 Å². The van der Waals surface area contributed by atoms with Gasteiger partial charge in [-0.05, 0) is 37.7 Å². The molecule has 1 aliphatic rings. The zero-order chi connectivity index (χ0) is 15.2. The molecule has 0 saturated carbocycles.